The third-order valence-corrected chi connectivity index (χ3v) is 18.1. The molecule has 7 fully saturated rings. The number of carbonyl (C=O) groups excluding carboxylic acids is 5. The molecule has 5 saturated heterocycles. The minimum absolute atomic E-state index is 0.0272. The highest BCUT2D eigenvalue weighted by Gasteiger charge is 2.56. The van der Waals surface area contributed by atoms with Gasteiger partial charge >= 0.3 is 0 Å². The molecule has 8 aliphatic rings. The van der Waals surface area contributed by atoms with E-state index in [-0.39, 0.29) is 65.3 Å². The third-order valence-electron chi connectivity index (χ3n) is 18.1. The number of carbonyl (C=O) groups is 5. The molecule has 16 heteroatoms. The van der Waals surface area contributed by atoms with Crippen molar-refractivity contribution in [1.82, 2.24) is 39.5 Å². The lowest BCUT2D eigenvalue weighted by atomic mass is 9.73. The van der Waals surface area contributed by atoms with Crippen molar-refractivity contribution in [2.24, 2.45) is 17.8 Å². The first-order valence-electron chi connectivity index (χ1n) is 27.4. The normalized spacial score (nSPS) is 27.1. The number of imidazole rings is 1. The zero-order valence-corrected chi connectivity index (χ0v) is 42.4. The molecular weight excluding hydrogens is 907 g/mol. The molecule has 380 valence electrons. The summed E-state index contributed by atoms with van der Waals surface area (Å²) in [5.74, 6) is 1.17. The number of benzene rings is 1. The van der Waals surface area contributed by atoms with Crippen molar-refractivity contribution in [3.8, 4) is 11.3 Å². The summed E-state index contributed by atoms with van der Waals surface area (Å²) < 4.78 is 2.20. The van der Waals surface area contributed by atoms with Gasteiger partial charge in [-0.1, -0.05) is 31.5 Å². The highest BCUT2D eigenvalue weighted by molar-refractivity contribution is 6.09. The third kappa shape index (κ3) is 8.52. The van der Waals surface area contributed by atoms with Crippen LogP contribution in [0.2, 0.25) is 0 Å². The zero-order chi connectivity index (χ0) is 49.4. The molecule has 3 aromatic heterocycles. The Kier molecular flexibility index (Phi) is 12.3. The Hall–Kier alpha value is -5.90. The Morgan fingerprint density at radius 1 is 0.806 bits per heavy atom. The van der Waals surface area contributed by atoms with E-state index >= 15 is 4.79 Å². The van der Waals surface area contributed by atoms with Crippen LogP contribution in [0.25, 0.3) is 22.3 Å². The Balaban J connectivity index is 0.704. The molecule has 1 aromatic carbocycles. The number of likely N-dealkylation sites (tertiary alicyclic amines) is 3. The fraction of sp³-hybridized carbons (Fsp3) is 0.607. The second-order valence-corrected chi connectivity index (χ2v) is 22.9. The smallest absolute Gasteiger partial charge is 0.238 e. The van der Waals surface area contributed by atoms with Crippen LogP contribution in [-0.4, -0.2) is 134 Å². The maximum atomic E-state index is 15.3. The summed E-state index contributed by atoms with van der Waals surface area (Å²) in [6.07, 6.45) is 15.8. The van der Waals surface area contributed by atoms with Gasteiger partial charge in [0.2, 0.25) is 29.5 Å². The number of hydrogen-bond donors (Lipinski definition) is 2. The molecular formula is C56H71N11O5. The molecule has 2 aliphatic carbocycles. The first-order chi connectivity index (χ1) is 34.9. The summed E-state index contributed by atoms with van der Waals surface area (Å²) in [7, 11) is 0. The van der Waals surface area contributed by atoms with Crippen LogP contribution in [0.15, 0.2) is 48.9 Å². The SMILES string of the molecule is CC1CN(C(=O)C2CCN(c3ccc(C4CCC(=O)NC4=O)cn3)CC2)CCC1C(=O)N1CCC2(CC1)C(=O)N(C1CC(N3CCCCC3)C1)c1cc(-c3cc4ncn(C(C)C)c4c(NC4CC4)n3)ccc12. The van der Waals surface area contributed by atoms with Gasteiger partial charge in [-0.05, 0) is 139 Å². The van der Waals surface area contributed by atoms with E-state index in [2.05, 4.69) is 79.9 Å². The molecule has 12 rings (SSSR count). The topological polar surface area (TPSA) is 169 Å². The van der Waals surface area contributed by atoms with E-state index in [0.29, 0.717) is 83.5 Å². The second kappa shape index (κ2) is 18.9. The van der Waals surface area contributed by atoms with Crippen LogP contribution in [0.3, 0.4) is 0 Å². The van der Waals surface area contributed by atoms with Crippen molar-refractivity contribution in [2.45, 2.75) is 146 Å². The maximum absolute atomic E-state index is 15.3. The summed E-state index contributed by atoms with van der Waals surface area (Å²) in [6.45, 7) is 12.4. The van der Waals surface area contributed by atoms with Gasteiger partial charge in [0, 0.05) is 99.1 Å². The zero-order valence-electron chi connectivity index (χ0n) is 42.4. The number of anilines is 3. The van der Waals surface area contributed by atoms with Gasteiger partial charge in [0.1, 0.15) is 11.3 Å². The lowest BCUT2D eigenvalue weighted by Crippen LogP contribution is -2.59. The van der Waals surface area contributed by atoms with Crippen molar-refractivity contribution in [2.75, 3.05) is 67.5 Å². The first-order valence-corrected chi connectivity index (χ1v) is 27.4. The molecule has 2 N–H and O–H groups in total. The lowest BCUT2D eigenvalue weighted by Gasteiger charge is -2.48. The molecule has 0 radical (unpaired) electrons. The Labute approximate surface area is 422 Å². The molecule has 9 heterocycles. The molecule has 1 spiro atoms. The number of amides is 5. The number of piperidine rings is 5. The first kappa shape index (κ1) is 47.1. The van der Waals surface area contributed by atoms with E-state index in [1.165, 1.54) is 19.3 Å². The van der Waals surface area contributed by atoms with Gasteiger partial charge in [-0.25, -0.2) is 15.0 Å². The number of pyridine rings is 2. The minimum atomic E-state index is -0.681. The summed E-state index contributed by atoms with van der Waals surface area (Å²) >= 11 is 0. The number of hydrogen-bond acceptors (Lipinski definition) is 11. The Morgan fingerprint density at radius 3 is 2.28 bits per heavy atom. The van der Waals surface area contributed by atoms with Gasteiger partial charge in [-0.3, -0.25) is 29.3 Å². The van der Waals surface area contributed by atoms with Crippen molar-refractivity contribution in [3.63, 3.8) is 0 Å². The van der Waals surface area contributed by atoms with Gasteiger partial charge < -0.3 is 34.4 Å². The molecule has 5 amide bonds. The van der Waals surface area contributed by atoms with Crippen LogP contribution in [0.5, 0.6) is 0 Å². The summed E-state index contributed by atoms with van der Waals surface area (Å²) in [4.78, 5) is 93.6. The molecule has 3 unspecified atom stereocenters. The van der Waals surface area contributed by atoms with E-state index in [1.54, 1.807) is 6.20 Å². The average Bonchev–Trinajstić information content (AvgIpc) is 4.05. The highest BCUT2D eigenvalue weighted by Crippen LogP contribution is 2.52. The van der Waals surface area contributed by atoms with Crippen molar-refractivity contribution in [3.05, 3.63) is 60.0 Å². The largest absolute Gasteiger partial charge is 0.366 e. The minimum Gasteiger partial charge on any atom is -0.366 e. The van der Waals surface area contributed by atoms with E-state index < -0.39 is 5.41 Å². The number of imide groups is 1. The van der Waals surface area contributed by atoms with Crippen LogP contribution >= 0.6 is 0 Å². The summed E-state index contributed by atoms with van der Waals surface area (Å²) in [5.41, 5.74) is 6.03. The number of aromatic nitrogens is 4. The van der Waals surface area contributed by atoms with Crippen LogP contribution in [0, 0.1) is 17.8 Å². The second-order valence-electron chi connectivity index (χ2n) is 22.9. The van der Waals surface area contributed by atoms with E-state index in [9.17, 15) is 19.2 Å². The van der Waals surface area contributed by atoms with Gasteiger partial charge in [-0.15, -0.1) is 0 Å². The van der Waals surface area contributed by atoms with Gasteiger partial charge in [-0.2, -0.15) is 0 Å². The van der Waals surface area contributed by atoms with Crippen LogP contribution < -0.4 is 20.4 Å². The number of nitrogens with one attached hydrogen (secondary N) is 2. The molecule has 16 nitrogen and oxygen atoms in total. The molecule has 6 aliphatic heterocycles. The lowest BCUT2D eigenvalue weighted by molar-refractivity contribution is -0.147. The van der Waals surface area contributed by atoms with Gasteiger partial charge in [0.15, 0.2) is 5.82 Å². The van der Waals surface area contributed by atoms with Crippen LogP contribution in [0.1, 0.15) is 134 Å². The predicted octanol–water partition coefficient (Wildman–Crippen LogP) is 6.79. The summed E-state index contributed by atoms with van der Waals surface area (Å²) in [5, 5.41) is 6.14. The predicted molar refractivity (Wildman–Crippen MR) is 275 cm³/mol. The highest BCUT2D eigenvalue weighted by atomic mass is 16.2. The molecule has 2 saturated carbocycles. The van der Waals surface area contributed by atoms with Gasteiger partial charge in [0.25, 0.3) is 0 Å². The molecule has 4 aromatic rings. The van der Waals surface area contributed by atoms with Crippen LogP contribution in [-0.2, 0) is 29.4 Å². The van der Waals surface area contributed by atoms with Crippen molar-refractivity contribution >= 4 is 57.9 Å². The van der Waals surface area contributed by atoms with Gasteiger partial charge in [0.05, 0.1) is 28.9 Å². The van der Waals surface area contributed by atoms with Crippen LogP contribution in [0.4, 0.5) is 17.3 Å². The standard InChI is InChI=1S/C56H71N11O5/c1-34(2)66-33-58-46-30-45(60-51(50(46)66)59-39-9-10-39)37-7-12-44-47(27-37)67(41-28-40(29-41)62-20-5-4-6-21-62)55(72)56(44)18-25-64(26-19-56)54(71)42-17-24-65(32-35(42)3)53(70)36-15-22-63(23-16-36)48-13-8-38(31-57-48)43-11-14-49(68)61-52(43)69/h7-8,12-13,27,30-31,33-36,39-43H,4-6,9-11,14-26,28-29,32H2,1-3H3,(H,59,60)(H,61,68,69). The molecule has 0 bridgehead atoms. The van der Waals surface area contributed by atoms with Crippen molar-refractivity contribution < 1.29 is 24.0 Å². The number of nitrogens with zero attached hydrogens (tertiary/aromatic N) is 9. The average molecular weight is 978 g/mol. The van der Waals surface area contributed by atoms with E-state index in [1.807, 2.05) is 28.3 Å². The maximum Gasteiger partial charge on any atom is 0.238 e. The van der Waals surface area contributed by atoms with E-state index in [4.69, 9.17) is 9.97 Å². The number of rotatable bonds is 10. The number of fused-ring (bicyclic) bond motifs is 3. The quantitative estimate of drug-likeness (QED) is 0.161. The Bertz CT molecular complexity index is 2760. The molecule has 3 atom stereocenters. The monoisotopic (exact) mass is 978 g/mol. The van der Waals surface area contributed by atoms with Crippen molar-refractivity contribution in [1.29, 1.82) is 0 Å². The summed E-state index contributed by atoms with van der Waals surface area (Å²) in [6, 6.07) is 13.9. The fourth-order valence-electron chi connectivity index (χ4n) is 13.5. The Morgan fingerprint density at radius 2 is 1.58 bits per heavy atom. The molecule has 72 heavy (non-hydrogen) atoms. The fourth-order valence-corrected chi connectivity index (χ4v) is 13.5. The van der Waals surface area contributed by atoms with E-state index in [0.717, 1.165) is 102 Å².